The standard InChI is InChI=1S/C33H41N7O4/c1-33(2,3)43-32(41)35-20-22-12-16-39(17-13-22)27-10-9-25(21-34-27)30-37-31(44-38-30)24-14-18-40(19-15-24)28-11-8-23-6-5-7-26(42-4)29(23)36-28/h5-11,21-22,24H,12-20H2,1-4H3,(H,35,41). The fourth-order valence-electron chi connectivity index (χ4n) is 5.94. The van der Waals surface area contributed by atoms with E-state index >= 15 is 0 Å². The number of alkyl carbamates (subject to hydrolysis) is 1. The van der Waals surface area contributed by atoms with Gasteiger partial charge in [0.1, 0.15) is 28.5 Å². The Morgan fingerprint density at radius 2 is 1.68 bits per heavy atom. The Balaban J connectivity index is 0.999. The molecule has 11 nitrogen and oxygen atoms in total. The van der Waals surface area contributed by atoms with Crippen molar-refractivity contribution >= 4 is 28.6 Å². The molecule has 2 fully saturated rings. The van der Waals surface area contributed by atoms with Crippen LogP contribution in [0.5, 0.6) is 5.75 Å². The number of carbonyl (C=O) groups is 1. The Hall–Kier alpha value is -4.41. The number of aromatic nitrogens is 4. The summed E-state index contributed by atoms with van der Waals surface area (Å²) >= 11 is 0. The number of ether oxygens (including phenoxy) is 2. The van der Waals surface area contributed by atoms with Crippen molar-refractivity contribution in [2.75, 3.05) is 49.6 Å². The average molecular weight is 600 g/mol. The minimum absolute atomic E-state index is 0.209. The predicted molar refractivity (Wildman–Crippen MR) is 169 cm³/mol. The normalized spacial score (nSPS) is 16.7. The molecule has 0 bridgehead atoms. The van der Waals surface area contributed by atoms with Crippen LogP contribution in [0.1, 0.15) is 58.3 Å². The molecule has 1 aromatic carbocycles. The van der Waals surface area contributed by atoms with Crippen LogP contribution in [0.15, 0.2) is 53.2 Å². The van der Waals surface area contributed by atoms with E-state index < -0.39 is 5.60 Å². The molecule has 44 heavy (non-hydrogen) atoms. The van der Waals surface area contributed by atoms with Gasteiger partial charge in [0, 0.05) is 55.8 Å². The van der Waals surface area contributed by atoms with Crippen LogP contribution in [-0.2, 0) is 4.74 Å². The number of pyridine rings is 2. The third-order valence-electron chi connectivity index (χ3n) is 8.38. The molecular formula is C33H41N7O4. The average Bonchev–Trinajstić information content (AvgIpc) is 3.53. The van der Waals surface area contributed by atoms with Crippen LogP contribution in [0.25, 0.3) is 22.3 Å². The first-order valence-corrected chi connectivity index (χ1v) is 15.5. The Morgan fingerprint density at radius 1 is 0.955 bits per heavy atom. The maximum absolute atomic E-state index is 12.0. The van der Waals surface area contributed by atoms with Crippen molar-refractivity contribution < 1.29 is 18.8 Å². The molecule has 1 amide bonds. The number of para-hydroxylation sites is 1. The summed E-state index contributed by atoms with van der Waals surface area (Å²) in [5.41, 5.74) is 1.23. The topological polar surface area (TPSA) is 119 Å². The number of rotatable bonds is 7. The lowest BCUT2D eigenvalue weighted by molar-refractivity contribution is 0.0516. The first-order chi connectivity index (χ1) is 21.3. The van der Waals surface area contributed by atoms with Gasteiger partial charge < -0.3 is 29.1 Å². The van der Waals surface area contributed by atoms with Crippen LogP contribution in [0.2, 0.25) is 0 Å². The fourth-order valence-corrected chi connectivity index (χ4v) is 5.94. The van der Waals surface area contributed by atoms with Gasteiger partial charge in [-0.15, -0.1) is 0 Å². The molecule has 0 spiro atoms. The molecule has 3 aromatic heterocycles. The highest BCUT2D eigenvalue weighted by Crippen LogP contribution is 2.32. The summed E-state index contributed by atoms with van der Waals surface area (Å²) < 4.78 is 16.6. The number of anilines is 2. The molecule has 5 heterocycles. The molecule has 1 N–H and O–H groups in total. The van der Waals surface area contributed by atoms with E-state index in [9.17, 15) is 4.79 Å². The van der Waals surface area contributed by atoms with Crippen molar-refractivity contribution in [3.8, 4) is 17.1 Å². The van der Waals surface area contributed by atoms with Crippen molar-refractivity contribution in [3.05, 3.63) is 54.6 Å². The summed E-state index contributed by atoms with van der Waals surface area (Å²) in [6, 6.07) is 14.2. The molecular weight excluding hydrogens is 558 g/mol. The Kier molecular flexibility index (Phi) is 8.54. The summed E-state index contributed by atoms with van der Waals surface area (Å²) in [6.45, 7) is 9.74. The lowest BCUT2D eigenvalue weighted by Crippen LogP contribution is -2.40. The highest BCUT2D eigenvalue weighted by molar-refractivity contribution is 5.86. The van der Waals surface area contributed by atoms with E-state index in [2.05, 4.69) is 38.5 Å². The number of benzene rings is 1. The van der Waals surface area contributed by atoms with Gasteiger partial charge in [0.15, 0.2) is 0 Å². The van der Waals surface area contributed by atoms with Gasteiger partial charge in [0.25, 0.3) is 0 Å². The van der Waals surface area contributed by atoms with E-state index in [4.69, 9.17) is 28.9 Å². The smallest absolute Gasteiger partial charge is 0.407 e. The number of fused-ring (bicyclic) bond motifs is 1. The van der Waals surface area contributed by atoms with Crippen molar-refractivity contribution in [1.82, 2.24) is 25.4 Å². The zero-order chi connectivity index (χ0) is 30.7. The largest absolute Gasteiger partial charge is 0.494 e. The number of nitrogens with one attached hydrogen (secondary N) is 1. The van der Waals surface area contributed by atoms with Gasteiger partial charge in [-0.25, -0.2) is 14.8 Å². The quantitative estimate of drug-likeness (QED) is 0.279. The first-order valence-electron chi connectivity index (χ1n) is 15.5. The first kappa shape index (κ1) is 29.7. The molecule has 0 atom stereocenters. The third kappa shape index (κ3) is 6.87. The van der Waals surface area contributed by atoms with E-state index in [1.165, 1.54) is 0 Å². The van der Waals surface area contributed by atoms with Gasteiger partial charge in [0.05, 0.1) is 7.11 Å². The highest BCUT2D eigenvalue weighted by atomic mass is 16.6. The van der Waals surface area contributed by atoms with Gasteiger partial charge in [-0.2, -0.15) is 4.98 Å². The van der Waals surface area contributed by atoms with Gasteiger partial charge >= 0.3 is 6.09 Å². The van der Waals surface area contributed by atoms with Crippen molar-refractivity contribution in [3.63, 3.8) is 0 Å². The van der Waals surface area contributed by atoms with Crippen LogP contribution >= 0.6 is 0 Å². The van der Waals surface area contributed by atoms with Gasteiger partial charge in [-0.1, -0.05) is 17.3 Å². The van der Waals surface area contributed by atoms with E-state index in [1.807, 2.05) is 51.2 Å². The number of hydrogen-bond acceptors (Lipinski definition) is 10. The Morgan fingerprint density at radius 3 is 2.39 bits per heavy atom. The highest BCUT2D eigenvalue weighted by Gasteiger charge is 2.27. The summed E-state index contributed by atoms with van der Waals surface area (Å²) in [4.78, 5) is 30.9. The van der Waals surface area contributed by atoms with Crippen LogP contribution in [0, 0.1) is 5.92 Å². The molecule has 0 radical (unpaired) electrons. The van der Waals surface area contributed by atoms with Crippen LogP contribution in [-0.4, -0.2) is 71.6 Å². The maximum Gasteiger partial charge on any atom is 0.407 e. The van der Waals surface area contributed by atoms with E-state index in [0.717, 1.165) is 85.7 Å². The minimum Gasteiger partial charge on any atom is -0.494 e. The van der Waals surface area contributed by atoms with Crippen LogP contribution in [0.4, 0.5) is 16.4 Å². The number of piperidine rings is 2. The van der Waals surface area contributed by atoms with E-state index in [1.54, 1.807) is 7.11 Å². The summed E-state index contributed by atoms with van der Waals surface area (Å²) in [5.74, 6) is 4.56. The molecule has 2 aliphatic rings. The zero-order valence-electron chi connectivity index (χ0n) is 26.0. The Bertz CT molecular complexity index is 1570. The van der Waals surface area contributed by atoms with Crippen molar-refractivity contribution in [2.45, 2.75) is 58.0 Å². The number of methoxy groups -OCH3 is 1. The second-order valence-corrected chi connectivity index (χ2v) is 12.6. The summed E-state index contributed by atoms with van der Waals surface area (Å²) in [7, 11) is 1.68. The van der Waals surface area contributed by atoms with Crippen molar-refractivity contribution in [2.24, 2.45) is 5.92 Å². The molecule has 0 aliphatic carbocycles. The Labute approximate surface area is 258 Å². The van der Waals surface area contributed by atoms with E-state index in [-0.39, 0.29) is 12.0 Å². The molecule has 6 rings (SSSR count). The summed E-state index contributed by atoms with van der Waals surface area (Å²) in [5, 5.41) is 8.25. The van der Waals surface area contributed by atoms with Gasteiger partial charge in [-0.05, 0) is 82.7 Å². The zero-order valence-corrected chi connectivity index (χ0v) is 26.0. The number of amides is 1. The SMILES string of the molecule is COc1cccc2ccc(N3CCC(c4nc(-c5ccc(N6CCC(CNC(=O)OC(C)(C)C)CC6)nc5)no4)CC3)nc12. The van der Waals surface area contributed by atoms with Crippen LogP contribution < -0.4 is 19.9 Å². The van der Waals surface area contributed by atoms with Gasteiger partial charge in [-0.3, -0.25) is 0 Å². The third-order valence-corrected chi connectivity index (χ3v) is 8.38. The molecule has 2 saturated heterocycles. The monoisotopic (exact) mass is 599 g/mol. The lowest BCUT2D eigenvalue weighted by atomic mass is 9.96. The molecule has 4 aromatic rings. The second-order valence-electron chi connectivity index (χ2n) is 12.6. The lowest BCUT2D eigenvalue weighted by Gasteiger charge is -2.33. The molecule has 0 unspecified atom stereocenters. The summed E-state index contributed by atoms with van der Waals surface area (Å²) in [6.07, 6.45) is 5.25. The predicted octanol–water partition coefficient (Wildman–Crippen LogP) is 5.81. The van der Waals surface area contributed by atoms with Gasteiger partial charge in [0.2, 0.25) is 11.7 Å². The molecule has 0 saturated carbocycles. The molecule has 2 aliphatic heterocycles. The fraction of sp³-hybridized carbons (Fsp3) is 0.485. The van der Waals surface area contributed by atoms with Crippen LogP contribution in [0.3, 0.4) is 0 Å². The maximum atomic E-state index is 12.0. The molecule has 11 heteroatoms. The number of nitrogens with zero attached hydrogens (tertiary/aromatic N) is 6. The minimum atomic E-state index is -0.487. The number of carbonyl (C=O) groups excluding carboxylic acids is 1. The van der Waals surface area contributed by atoms with E-state index in [0.29, 0.717) is 24.2 Å². The van der Waals surface area contributed by atoms with Crippen molar-refractivity contribution in [1.29, 1.82) is 0 Å². The second kappa shape index (κ2) is 12.7. The number of hydrogen-bond donors (Lipinski definition) is 1. The molecule has 232 valence electrons.